The van der Waals surface area contributed by atoms with E-state index in [0.29, 0.717) is 0 Å². The number of rotatable bonds is 14. The van der Waals surface area contributed by atoms with Crippen LogP contribution in [0.1, 0.15) is 25.7 Å². The van der Waals surface area contributed by atoms with Gasteiger partial charge in [-0.1, -0.05) is 0 Å². The van der Waals surface area contributed by atoms with Crippen LogP contribution >= 0.6 is 0 Å². The molecule has 0 aliphatic heterocycles. The van der Waals surface area contributed by atoms with Gasteiger partial charge in [-0.15, -0.1) is 0 Å². The zero-order chi connectivity index (χ0) is 36.4. The molecule has 0 atom stereocenters. The predicted molar refractivity (Wildman–Crippen MR) is 86.1 cm³/mol. The van der Waals surface area contributed by atoms with Crippen LogP contribution < -0.4 is 0 Å². The summed E-state index contributed by atoms with van der Waals surface area (Å²) in [6.07, 6.45) is -30.7. The van der Waals surface area contributed by atoms with Gasteiger partial charge >= 0.3 is 71.6 Å². The van der Waals surface area contributed by atoms with Crippen LogP contribution in [0.15, 0.2) is 0 Å². The summed E-state index contributed by atoms with van der Waals surface area (Å²) in [6, 6.07) is 0. The fraction of sp³-hybridized carbons (Fsp3) is 1.00. The molecule has 0 aromatic carbocycles. The maximum atomic E-state index is 13.6. The lowest BCUT2D eigenvalue weighted by Crippen LogP contribution is -2.70. The van der Waals surface area contributed by atoms with Gasteiger partial charge in [0.1, 0.15) is 0 Å². The molecule has 1 N–H and O–H groups in total. The quantitative estimate of drug-likeness (QED) is 0.177. The molecule has 0 aromatic rings. The number of halogens is 26. The normalized spacial score (nSPS) is 16.6. The zero-order valence-corrected chi connectivity index (χ0v) is 19.7. The van der Waals surface area contributed by atoms with E-state index in [0.717, 1.165) is 0 Å². The summed E-state index contributed by atoms with van der Waals surface area (Å²) in [7, 11) is 0. The Bertz CT molecular complexity index is 907. The molecule has 1 nitrogen and oxygen atoms in total. The standard InChI is InChI=1S/C17H10F26O/c18-6(19,8(22,23)10(26,27)12(30,31)14(34,35)16(38,39)40)3-1-5(44)2-4-7(20,21)9(24,25)11(28,29)13(32,33)15(36,37)17(41,42)43/h5,44H,1-4H2. The Labute approximate surface area is 224 Å². The van der Waals surface area contributed by atoms with Gasteiger partial charge in [0.2, 0.25) is 0 Å². The van der Waals surface area contributed by atoms with E-state index in [1.54, 1.807) is 0 Å². The van der Waals surface area contributed by atoms with Crippen LogP contribution in [0.25, 0.3) is 0 Å². The average Bonchev–Trinajstić information content (AvgIpc) is 2.78. The SMILES string of the molecule is OC(CCC(F)(F)C(F)(F)C(F)(F)C(F)(F)C(F)(F)C(F)(F)F)CCC(F)(F)C(F)(F)C(F)(F)C(F)(F)C(F)(F)C(F)(F)F. The molecule has 0 fully saturated rings. The third kappa shape index (κ3) is 6.13. The minimum atomic E-state index is -8.37. The molecule has 0 amide bonds. The number of hydrogen-bond donors (Lipinski definition) is 1. The largest absolute Gasteiger partial charge is 0.460 e. The first-order valence-electron chi connectivity index (χ1n) is 10.2. The van der Waals surface area contributed by atoms with E-state index in [2.05, 4.69) is 0 Å². The Morgan fingerprint density at radius 2 is 0.477 bits per heavy atom. The van der Waals surface area contributed by atoms with Crippen molar-refractivity contribution < 1.29 is 119 Å². The number of hydrogen-bond acceptors (Lipinski definition) is 1. The summed E-state index contributed by atoms with van der Waals surface area (Å²) in [6.45, 7) is 0. The van der Waals surface area contributed by atoms with E-state index in [9.17, 15) is 114 Å². The number of alkyl halides is 26. The van der Waals surface area contributed by atoms with E-state index in [4.69, 9.17) is 5.11 Å². The van der Waals surface area contributed by atoms with Gasteiger partial charge in [0, 0.05) is 12.8 Å². The molecule has 0 aliphatic carbocycles. The summed E-state index contributed by atoms with van der Waals surface area (Å²) in [5.41, 5.74) is 0. The number of aliphatic hydroxyl groups excluding tert-OH is 1. The highest BCUT2D eigenvalue weighted by atomic mass is 19.4. The van der Waals surface area contributed by atoms with E-state index in [-0.39, 0.29) is 0 Å². The van der Waals surface area contributed by atoms with Gasteiger partial charge in [0.05, 0.1) is 6.10 Å². The van der Waals surface area contributed by atoms with Crippen molar-refractivity contribution >= 4 is 0 Å². The predicted octanol–water partition coefficient (Wildman–Crippen LogP) is 9.39. The molecule has 44 heavy (non-hydrogen) atoms. The van der Waals surface area contributed by atoms with Crippen molar-refractivity contribution in [2.75, 3.05) is 0 Å². The van der Waals surface area contributed by atoms with Crippen molar-refractivity contribution in [1.29, 1.82) is 0 Å². The second-order valence-electron chi connectivity index (χ2n) is 8.73. The van der Waals surface area contributed by atoms with Crippen molar-refractivity contribution in [3.63, 3.8) is 0 Å². The lowest BCUT2D eigenvalue weighted by molar-refractivity contribution is -0.440. The van der Waals surface area contributed by atoms with Crippen LogP contribution in [0.4, 0.5) is 114 Å². The van der Waals surface area contributed by atoms with Crippen molar-refractivity contribution in [3.05, 3.63) is 0 Å². The summed E-state index contributed by atoms with van der Waals surface area (Å²) in [5.74, 6) is -79.5. The molecule has 0 saturated heterocycles. The second-order valence-corrected chi connectivity index (χ2v) is 8.73. The van der Waals surface area contributed by atoms with E-state index >= 15 is 0 Å². The van der Waals surface area contributed by atoms with Gasteiger partial charge in [0.15, 0.2) is 0 Å². The Hall–Kier alpha value is -1.86. The van der Waals surface area contributed by atoms with Crippen LogP contribution in [-0.2, 0) is 0 Å². The van der Waals surface area contributed by atoms with Crippen molar-refractivity contribution in [2.24, 2.45) is 0 Å². The fourth-order valence-electron chi connectivity index (χ4n) is 2.76. The topological polar surface area (TPSA) is 20.2 Å². The second kappa shape index (κ2) is 11.1. The van der Waals surface area contributed by atoms with Crippen molar-refractivity contribution in [1.82, 2.24) is 0 Å². The molecule has 0 radical (unpaired) electrons. The third-order valence-corrected chi connectivity index (χ3v) is 5.58. The first-order chi connectivity index (χ1) is 18.6. The van der Waals surface area contributed by atoms with Crippen molar-refractivity contribution in [2.45, 2.75) is 103 Å². The molecular weight excluding hydrogens is 714 g/mol. The molecule has 266 valence electrons. The summed E-state index contributed by atoms with van der Waals surface area (Å²) in [5, 5.41) is 9.14. The van der Waals surface area contributed by atoms with Crippen LogP contribution in [0.5, 0.6) is 0 Å². The summed E-state index contributed by atoms with van der Waals surface area (Å²) >= 11 is 0. The minimum absolute atomic E-state index is 2.54. The van der Waals surface area contributed by atoms with E-state index < -0.39 is 103 Å². The highest BCUT2D eigenvalue weighted by Crippen LogP contribution is 2.62. The molecule has 0 unspecified atom stereocenters. The first kappa shape index (κ1) is 42.1. The number of aliphatic hydroxyl groups is 1. The minimum Gasteiger partial charge on any atom is -0.393 e. The molecule has 0 aromatic heterocycles. The molecule has 27 heteroatoms. The Balaban J connectivity index is 6.00. The highest BCUT2D eigenvalue weighted by Gasteiger charge is 2.92. The smallest absolute Gasteiger partial charge is 0.393 e. The van der Waals surface area contributed by atoms with Gasteiger partial charge < -0.3 is 5.11 Å². The average molecular weight is 724 g/mol. The highest BCUT2D eigenvalue weighted by molar-refractivity contribution is 5.11. The third-order valence-electron chi connectivity index (χ3n) is 5.58. The van der Waals surface area contributed by atoms with E-state index in [1.807, 2.05) is 0 Å². The lowest BCUT2D eigenvalue weighted by atomic mass is 9.89. The molecular formula is C17H10F26O. The van der Waals surface area contributed by atoms with Crippen LogP contribution in [0.2, 0.25) is 0 Å². The zero-order valence-electron chi connectivity index (χ0n) is 19.7. The van der Waals surface area contributed by atoms with Gasteiger partial charge in [-0.2, -0.15) is 114 Å². The van der Waals surface area contributed by atoms with E-state index in [1.165, 1.54) is 0 Å². The van der Waals surface area contributed by atoms with Crippen LogP contribution in [0.3, 0.4) is 0 Å². The van der Waals surface area contributed by atoms with Crippen molar-refractivity contribution in [3.8, 4) is 0 Å². The Kier molecular flexibility index (Phi) is 10.7. The maximum absolute atomic E-state index is 13.6. The van der Waals surface area contributed by atoms with Crippen LogP contribution in [0, 0.1) is 0 Å². The van der Waals surface area contributed by atoms with Gasteiger partial charge in [-0.25, -0.2) is 0 Å². The monoisotopic (exact) mass is 724 g/mol. The van der Waals surface area contributed by atoms with Gasteiger partial charge in [0.25, 0.3) is 0 Å². The maximum Gasteiger partial charge on any atom is 0.460 e. The lowest BCUT2D eigenvalue weighted by Gasteiger charge is -2.40. The summed E-state index contributed by atoms with van der Waals surface area (Å²) < 4.78 is 337. The molecule has 0 aliphatic rings. The van der Waals surface area contributed by atoms with Gasteiger partial charge in [-0.3, -0.25) is 0 Å². The molecule has 0 heterocycles. The Morgan fingerprint density at radius 3 is 0.659 bits per heavy atom. The van der Waals surface area contributed by atoms with Gasteiger partial charge in [-0.05, 0) is 12.8 Å². The first-order valence-corrected chi connectivity index (χ1v) is 10.2. The summed E-state index contributed by atoms with van der Waals surface area (Å²) in [4.78, 5) is 0. The molecule has 0 spiro atoms. The fourth-order valence-corrected chi connectivity index (χ4v) is 2.76. The molecule has 0 bridgehead atoms. The molecule has 0 saturated carbocycles. The van der Waals surface area contributed by atoms with Crippen LogP contribution in [-0.4, -0.2) is 82.8 Å². The Morgan fingerprint density at radius 1 is 0.295 bits per heavy atom. The molecule has 0 rings (SSSR count).